The number of carboxylic acid groups (broad SMARTS) is 1. The van der Waals surface area contributed by atoms with Gasteiger partial charge in [0.25, 0.3) is 0 Å². The third-order valence-electron chi connectivity index (χ3n) is 5.09. The third-order valence-corrected chi connectivity index (χ3v) is 5.09. The summed E-state index contributed by atoms with van der Waals surface area (Å²) in [6, 6.07) is 6.20. The Hall–Kier alpha value is -1.95. The van der Waals surface area contributed by atoms with Crippen molar-refractivity contribution in [2.75, 3.05) is 19.7 Å². The molecule has 1 aromatic rings. The van der Waals surface area contributed by atoms with Crippen molar-refractivity contribution in [1.82, 2.24) is 4.90 Å². The van der Waals surface area contributed by atoms with E-state index in [0.29, 0.717) is 19.7 Å². The van der Waals surface area contributed by atoms with Gasteiger partial charge >= 0.3 is 5.97 Å². The number of halogens is 1. The van der Waals surface area contributed by atoms with E-state index in [4.69, 9.17) is 9.84 Å². The van der Waals surface area contributed by atoms with Gasteiger partial charge in [-0.05, 0) is 30.5 Å². The average Bonchev–Trinajstić information content (AvgIpc) is 3.05. The minimum Gasteiger partial charge on any atom is -0.481 e. The lowest BCUT2D eigenvalue weighted by atomic mass is 9.77. The first kappa shape index (κ1) is 16.9. The van der Waals surface area contributed by atoms with Crippen molar-refractivity contribution in [1.29, 1.82) is 0 Å². The summed E-state index contributed by atoms with van der Waals surface area (Å²) in [5.74, 6) is -1.22. The van der Waals surface area contributed by atoms with Gasteiger partial charge in [-0.25, -0.2) is 4.39 Å². The number of rotatable bonds is 4. The van der Waals surface area contributed by atoms with Crippen molar-refractivity contribution in [2.45, 2.75) is 43.6 Å². The van der Waals surface area contributed by atoms with Crippen molar-refractivity contribution < 1.29 is 23.8 Å². The predicted octanol–water partition coefficient (Wildman–Crippen LogP) is 2.34. The van der Waals surface area contributed by atoms with Crippen LogP contribution >= 0.6 is 0 Å². The van der Waals surface area contributed by atoms with Crippen molar-refractivity contribution in [3.63, 3.8) is 0 Å². The molecule has 1 atom stereocenters. The zero-order valence-electron chi connectivity index (χ0n) is 13.5. The highest BCUT2D eigenvalue weighted by molar-refractivity contribution is 5.89. The molecule has 0 bridgehead atoms. The highest BCUT2D eigenvalue weighted by Crippen LogP contribution is 2.43. The number of morpholine rings is 1. The molecule has 2 fully saturated rings. The molecule has 24 heavy (non-hydrogen) atoms. The van der Waals surface area contributed by atoms with E-state index in [-0.39, 0.29) is 18.1 Å². The van der Waals surface area contributed by atoms with E-state index in [1.165, 1.54) is 12.1 Å². The van der Waals surface area contributed by atoms with Gasteiger partial charge in [-0.15, -0.1) is 0 Å². The summed E-state index contributed by atoms with van der Waals surface area (Å²) in [7, 11) is 0. The largest absolute Gasteiger partial charge is 0.481 e. The summed E-state index contributed by atoms with van der Waals surface area (Å²) >= 11 is 0. The Kier molecular flexibility index (Phi) is 4.85. The number of amides is 1. The molecule has 0 unspecified atom stereocenters. The fourth-order valence-corrected chi connectivity index (χ4v) is 3.90. The third kappa shape index (κ3) is 3.29. The highest BCUT2D eigenvalue weighted by atomic mass is 19.1. The standard InChI is InChI=1S/C18H22FNO4/c19-14-5-3-13(4-6-14)18(7-1-2-8-18)17(23)20-9-10-24-15(12-20)11-16(21)22/h3-6,15H,1-2,7-12H2,(H,21,22)/t15-/m1/s1. The van der Waals surface area contributed by atoms with Gasteiger partial charge in [0.15, 0.2) is 0 Å². The summed E-state index contributed by atoms with van der Waals surface area (Å²) in [6.45, 7) is 1.12. The van der Waals surface area contributed by atoms with Crippen LogP contribution in [0.25, 0.3) is 0 Å². The molecule has 1 saturated carbocycles. The monoisotopic (exact) mass is 335 g/mol. The van der Waals surface area contributed by atoms with Gasteiger partial charge in [-0.3, -0.25) is 9.59 Å². The summed E-state index contributed by atoms with van der Waals surface area (Å²) in [6.07, 6.45) is 2.86. The summed E-state index contributed by atoms with van der Waals surface area (Å²) in [4.78, 5) is 25.9. The molecule has 0 radical (unpaired) electrons. The number of hydrogen-bond acceptors (Lipinski definition) is 3. The molecule has 6 heteroatoms. The summed E-state index contributed by atoms with van der Waals surface area (Å²) in [5, 5.41) is 8.94. The lowest BCUT2D eigenvalue weighted by molar-refractivity contribution is -0.150. The molecule has 1 amide bonds. The first-order valence-electron chi connectivity index (χ1n) is 8.40. The van der Waals surface area contributed by atoms with E-state index < -0.39 is 17.5 Å². The number of carboxylic acids is 1. The summed E-state index contributed by atoms with van der Waals surface area (Å²) < 4.78 is 18.7. The van der Waals surface area contributed by atoms with Crippen LogP contribution in [0.5, 0.6) is 0 Å². The minimum absolute atomic E-state index is 0.0188. The van der Waals surface area contributed by atoms with Crippen molar-refractivity contribution in [3.05, 3.63) is 35.6 Å². The Morgan fingerprint density at radius 2 is 1.92 bits per heavy atom. The Morgan fingerprint density at radius 1 is 1.25 bits per heavy atom. The van der Waals surface area contributed by atoms with Gasteiger partial charge in [-0.1, -0.05) is 25.0 Å². The normalized spacial score (nSPS) is 23.2. The van der Waals surface area contributed by atoms with Crippen molar-refractivity contribution >= 4 is 11.9 Å². The molecule has 1 aliphatic carbocycles. The van der Waals surface area contributed by atoms with Crippen molar-refractivity contribution in [2.24, 2.45) is 0 Å². The zero-order valence-corrected chi connectivity index (χ0v) is 13.5. The second-order valence-corrected chi connectivity index (χ2v) is 6.64. The second-order valence-electron chi connectivity index (χ2n) is 6.64. The molecule has 0 aromatic heterocycles. The highest BCUT2D eigenvalue weighted by Gasteiger charge is 2.45. The SMILES string of the molecule is O=C(O)C[C@@H]1CN(C(=O)C2(c3ccc(F)cc3)CCCC2)CCO1. The predicted molar refractivity (Wildman–Crippen MR) is 85.1 cm³/mol. The van der Waals surface area contributed by atoms with Gasteiger partial charge in [-0.2, -0.15) is 0 Å². The van der Waals surface area contributed by atoms with Gasteiger partial charge in [0.05, 0.1) is 24.5 Å². The molecule has 3 rings (SSSR count). The topological polar surface area (TPSA) is 66.8 Å². The lowest BCUT2D eigenvalue weighted by Crippen LogP contribution is -2.52. The van der Waals surface area contributed by atoms with E-state index in [9.17, 15) is 14.0 Å². The van der Waals surface area contributed by atoms with Crippen LogP contribution in [0.4, 0.5) is 4.39 Å². The number of hydrogen-bond donors (Lipinski definition) is 1. The minimum atomic E-state index is -0.927. The molecule has 130 valence electrons. The lowest BCUT2D eigenvalue weighted by Gasteiger charge is -2.39. The molecular formula is C18H22FNO4. The first-order chi connectivity index (χ1) is 11.5. The maximum atomic E-state index is 13.3. The van der Waals surface area contributed by atoms with Crippen molar-refractivity contribution in [3.8, 4) is 0 Å². The summed E-state index contributed by atoms with van der Waals surface area (Å²) in [5.41, 5.74) is 0.242. The molecule has 1 N–H and O–H groups in total. The fourth-order valence-electron chi connectivity index (χ4n) is 3.90. The van der Waals surface area contributed by atoms with Crippen LogP contribution in [0.15, 0.2) is 24.3 Å². The Balaban J connectivity index is 1.82. The van der Waals surface area contributed by atoms with Gasteiger partial charge in [0, 0.05) is 13.1 Å². The van der Waals surface area contributed by atoms with E-state index in [1.807, 2.05) is 0 Å². The van der Waals surface area contributed by atoms with E-state index in [0.717, 1.165) is 31.2 Å². The van der Waals surface area contributed by atoms with Crippen LogP contribution in [-0.2, 0) is 19.7 Å². The fraction of sp³-hybridized carbons (Fsp3) is 0.556. The number of ether oxygens (including phenoxy) is 1. The number of benzene rings is 1. The number of carbonyl (C=O) groups excluding carboxylic acids is 1. The smallest absolute Gasteiger partial charge is 0.306 e. The molecule has 2 aliphatic rings. The van der Waals surface area contributed by atoms with Gasteiger partial charge in [0.1, 0.15) is 5.82 Å². The van der Waals surface area contributed by atoms with E-state index in [1.54, 1.807) is 17.0 Å². The maximum Gasteiger partial charge on any atom is 0.306 e. The second kappa shape index (κ2) is 6.89. The number of carbonyl (C=O) groups is 2. The first-order valence-corrected chi connectivity index (χ1v) is 8.40. The van der Waals surface area contributed by atoms with E-state index in [2.05, 4.69) is 0 Å². The molecule has 1 saturated heterocycles. The van der Waals surface area contributed by atoms with Crippen LogP contribution in [0.2, 0.25) is 0 Å². The molecule has 5 nitrogen and oxygen atoms in total. The number of nitrogens with zero attached hydrogens (tertiary/aromatic N) is 1. The molecule has 0 spiro atoms. The van der Waals surface area contributed by atoms with Crippen LogP contribution in [-0.4, -0.2) is 47.7 Å². The molecular weight excluding hydrogens is 313 g/mol. The average molecular weight is 335 g/mol. The Morgan fingerprint density at radius 3 is 2.54 bits per heavy atom. The Bertz CT molecular complexity index is 610. The Labute approximate surface area is 140 Å². The van der Waals surface area contributed by atoms with E-state index >= 15 is 0 Å². The zero-order chi connectivity index (χ0) is 17.2. The van der Waals surface area contributed by atoms with Crippen LogP contribution in [0.3, 0.4) is 0 Å². The molecule has 1 aromatic carbocycles. The molecule has 1 aliphatic heterocycles. The van der Waals surface area contributed by atoms with Gasteiger partial charge in [0.2, 0.25) is 5.91 Å². The van der Waals surface area contributed by atoms with Crippen LogP contribution < -0.4 is 0 Å². The van der Waals surface area contributed by atoms with Crippen LogP contribution in [0, 0.1) is 5.82 Å². The van der Waals surface area contributed by atoms with Gasteiger partial charge < -0.3 is 14.7 Å². The maximum absolute atomic E-state index is 13.3. The van der Waals surface area contributed by atoms with Crippen LogP contribution in [0.1, 0.15) is 37.7 Å². The molecule has 1 heterocycles. The quantitative estimate of drug-likeness (QED) is 0.917. The number of aliphatic carboxylic acids is 1.